The largest absolute Gasteiger partial charge is 0.399 e. The molecule has 0 atom stereocenters. The number of nitrogens with two attached hydrogens (primary N) is 1. The molecular formula is C11H12N4. The summed E-state index contributed by atoms with van der Waals surface area (Å²) in [7, 11) is 0. The van der Waals surface area contributed by atoms with Crippen LogP contribution < -0.4 is 5.73 Å². The minimum atomic E-state index is 0.764. The van der Waals surface area contributed by atoms with Crippen LogP contribution in [0.1, 0.15) is 11.4 Å². The van der Waals surface area contributed by atoms with Gasteiger partial charge in [0.05, 0.1) is 6.20 Å². The summed E-state index contributed by atoms with van der Waals surface area (Å²) >= 11 is 0. The average Bonchev–Trinajstić information content (AvgIpc) is 2.28. The Morgan fingerprint density at radius 2 is 2.07 bits per heavy atom. The molecule has 4 heteroatoms. The predicted molar refractivity (Wildman–Crippen MR) is 58.1 cm³/mol. The van der Waals surface area contributed by atoms with Crippen molar-refractivity contribution in [2.75, 3.05) is 5.73 Å². The van der Waals surface area contributed by atoms with Gasteiger partial charge in [0.2, 0.25) is 0 Å². The van der Waals surface area contributed by atoms with Gasteiger partial charge in [0.1, 0.15) is 0 Å². The van der Waals surface area contributed by atoms with E-state index in [1.807, 2.05) is 24.3 Å². The van der Waals surface area contributed by atoms with E-state index in [1.54, 1.807) is 12.4 Å². The number of nitrogens with zero attached hydrogens (tertiary/aromatic N) is 3. The maximum atomic E-state index is 5.68. The van der Waals surface area contributed by atoms with Crippen LogP contribution in [0.3, 0.4) is 0 Å². The number of aromatic nitrogens is 3. The van der Waals surface area contributed by atoms with Gasteiger partial charge in [-0.1, -0.05) is 12.1 Å². The van der Waals surface area contributed by atoms with Crippen LogP contribution in [0.4, 0.5) is 5.69 Å². The zero-order chi connectivity index (χ0) is 10.5. The van der Waals surface area contributed by atoms with E-state index in [1.165, 1.54) is 5.56 Å². The zero-order valence-corrected chi connectivity index (χ0v) is 8.30. The highest BCUT2D eigenvalue weighted by molar-refractivity contribution is 5.40. The summed E-state index contributed by atoms with van der Waals surface area (Å²) in [6, 6.07) is 7.85. The third-order valence-corrected chi connectivity index (χ3v) is 2.12. The molecule has 0 unspecified atom stereocenters. The highest BCUT2D eigenvalue weighted by Crippen LogP contribution is 2.08. The van der Waals surface area contributed by atoms with Crippen molar-refractivity contribution < 1.29 is 0 Å². The van der Waals surface area contributed by atoms with Gasteiger partial charge in [-0.15, -0.1) is 5.10 Å². The van der Waals surface area contributed by atoms with Gasteiger partial charge in [0.15, 0.2) is 5.82 Å². The topological polar surface area (TPSA) is 64.7 Å². The second-order valence-corrected chi connectivity index (χ2v) is 3.30. The Morgan fingerprint density at radius 1 is 1.13 bits per heavy atom. The van der Waals surface area contributed by atoms with Gasteiger partial charge in [-0.05, 0) is 24.1 Å². The number of rotatable bonds is 3. The maximum absolute atomic E-state index is 5.68. The molecule has 0 aliphatic heterocycles. The Labute approximate surface area is 88.2 Å². The van der Waals surface area contributed by atoms with E-state index in [9.17, 15) is 0 Å². The minimum absolute atomic E-state index is 0.764. The van der Waals surface area contributed by atoms with Crippen molar-refractivity contribution in [3.8, 4) is 0 Å². The zero-order valence-electron chi connectivity index (χ0n) is 8.30. The van der Waals surface area contributed by atoms with Crippen molar-refractivity contribution in [2.45, 2.75) is 12.8 Å². The molecule has 0 aliphatic rings. The Kier molecular flexibility index (Phi) is 2.88. The first kappa shape index (κ1) is 9.58. The van der Waals surface area contributed by atoms with Crippen molar-refractivity contribution in [2.24, 2.45) is 0 Å². The summed E-state index contributed by atoms with van der Waals surface area (Å²) in [5.41, 5.74) is 7.67. The summed E-state index contributed by atoms with van der Waals surface area (Å²) in [5, 5.41) is 7.70. The van der Waals surface area contributed by atoms with Gasteiger partial charge in [0.25, 0.3) is 0 Å². The number of hydrogen-bond acceptors (Lipinski definition) is 4. The number of nitrogen functional groups attached to an aromatic ring is 1. The maximum Gasteiger partial charge on any atom is 0.151 e. The Bertz CT molecular complexity index is 428. The van der Waals surface area contributed by atoms with E-state index in [2.05, 4.69) is 15.2 Å². The molecule has 0 saturated carbocycles. The molecule has 1 aromatic heterocycles. The Morgan fingerprint density at radius 3 is 2.80 bits per heavy atom. The fourth-order valence-corrected chi connectivity index (χ4v) is 1.39. The van der Waals surface area contributed by atoms with Gasteiger partial charge in [-0.3, -0.25) is 0 Å². The van der Waals surface area contributed by atoms with Crippen molar-refractivity contribution in [3.05, 3.63) is 48.0 Å². The van der Waals surface area contributed by atoms with Crippen LogP contribution in [0, 0.1) is 0 Å². The molecule has 1 aromatic carbocycles. The molecule has 0 amide bonds. The molecule has 15 heavy (non-hydrogen) atoms. The van der Waals surface area contributed by atoms with Crippen LogP contribution in [0.25, 0.3) is 0 Å². The summed E-state index contributed by atoms with van der Waals surface area (Å²) in [5.74, 6) is 0.764. The van der Waals surface area contributed by atoms with E-state index in [0.29, 0.717) is 0 Å². The Balaban J connectivity index is 1.99. The molecule has 0 aliphatic carbocycles. The van der Waals surface area contributed by atoms with Crippen LogP contribution in [0.15, 0.2) is 36.7 Å². The molecule has 76 valence electrons. The van der Waals surface area contributed by atoms with Gasteiger partial charge in [-0.2, -0.15) is 5.10 Å². The lowest BCUT2D eigenvalue weighted by Gasteiger charge is -2.00. The molecule has 0 bridgehead atoms. The van der Waals surface area contributed by atoms with Crippen molar-refractivity contribution in [1.82, 2.24) is 15.2 Å². The first-order valence-corrected chi connectivity index (χ1v) is 4.81. The SMILES string of the molecule is Nc1cccc(CCc2nccnn2)c1. The molecule has 1 heterocycles. The van der Waals surface area contributed by atoms with Crippen molar-refractivity contribution in [1.29, 1.82) is 0 Å². The second-order valence-electron chi connectivity index (χ2n) is 3.30. The lowest BCUT2D eigenvalue weighted by atomic mass is 10.1. The van der Waals surface area contributed by atoms with E-state index in [0.717, 1.165) is 24.4 Å². The molecule has 2 aromatic rings. The first-order chi connectivity index (χ1) is 7.34. The number of aryl methyl sites for hydroxylation is 2. The lowest BCUT2D eigenvalue weighted by Crippen LogP contribution is -1.99. The molecule has 0 radical (unpaired) electrons. The van der Waals surface area contributed by atoms with E-state index < -0.39 is 0 Å². The van der Waals surface area contributed by atoms with Crippen molar-refractivity contribution in [3.63, 3.8) is 0 Å². The lowest BCUT2D eigenvalue weighted by molar-refractivity contribution is 0.802. The number of hydrogen-bond donors (Lipinski definition) is 1. The summed E-state index contributed by atoms with van der Waals surface area (Å²) in [6.07, 6.45) is 4.90. The first-order valence-electron chi connectivity index (χ1n) is 4.81. The standard InChI is InChI=1S/C11H12N4/c12-10-3-1-2-9(8-10)4-5-11-13-6-7-14-15-11/h1-3,6-8H,4-5,12H2. The fraction of sp³-hybridized carbons (Fsp3) is 0.182. The van der Waals surface area contributed by atoms with E-state index in [4.69, 9.17) is 5.73 Å². The third kappa shape index (κ3) is 2.74. The van der Waals surface area contributed by atoms with Crippen molar-refractivity contribution >= 4 is 5.69 Å². The number of benzene rings is 1. The molecule has 0 spiro atoms. The molecule has 2 rings (SSSR count). The molecule has 4 nitrogen and oxygen atoms in total. The average molecular weight is 200 g/mol. The summed E-state index contributed by atoms with van der Waals surface area (Å²) in [4.78, 5) is 4.11. The highest BCUT2D eigenvalue weighted by Gasteiger charge is 1.98. The molecule has 0 saturated heterocycles. The minimum Gasteiger partial charge on any atom is -0.399 e. The van der Waals surface area contributed by atoms with Gasteiger partial charge in [0, 0.05) is 18.3 Å². The molecular weight excluding hydrogens is 188 g/mol. The van der Waals surface area contributed by atoms with E-state index in [-0.39, 0.29) is 0 Å². The van der Waals surface area contributed by atoms with Crippen LogP contribution in [-0.4, -0.2) is 15.2 Å². The van der Waals surface area contributed by atoms with Crippen LogP contribution >= 0.6 is 0 Å². The molecule has 0 fully saturated rings. The summed E-state index contributed by atoms with van der Waals surface area (Å²) in [6.45, 7) is 0. The number of anilines is 1. The van der Waals surface area contributed by atoms with Gasteiger partial charge < -0.3 is 5.73 Å². The third-order valence-electron chi connectivity index (χ3n) is 2.12. The van der Waals surface area contributed by atoms with Gasteiger partial charge >= 0.3 is 0 Å². The predicted octanol–water partition coefficient (Wildman–Crippen LogP) is 1.24. The molecule has 2 N–H and O–H groups in total. The highest BCUT2D eigenvalue weighted by atomic mass is 15.1. The normalized spacial score (nSPS) is 10.1. The summed E-state index contributed by atoms with van der Waals surface area (Å²) < 4.78 is 0. The van der Waals surface area contributed by atoms with Crippen LogP contribution in [0.5, 0.6) is 0 Å². The monoisotopic (exact) mass is 200 g/mol. The van der Waals surface area contributed by atoms with Crippen LogP contribution in [-0.2, 0) is 12.8 Å². The quantitative estimate of drug-likeness (QED) is 0.757. The van der Waals surface area contributed by atoms with Gasteiger partial charge in [-0.25, -0.2) is 4.98 Å². The smallest absolute Gasteiger partial charge is 0.151 e. The van der Waals surface area contributed by atoms with E-state index >= 15 is 0 Å². The fourth-order valence-electron chi connectivity index (χ4n) is 1.39. The second kappa shape index (κ2) is 4.50. The van der Waals surface area contributed by atoms with Crippen LogP contribution in [0.2, 0.25) is 0 Å². The Hall–Kier alpha value is -1.97.